The second-order valence-electron chi connectivity index (χ2n) is 13.0. The van der Waals surface area contributed by atoms with Gasteiger partial charge >= 0.3 is 0 Å². The van der Waals surface area contributed by atoms with Gasteiger partial charge in [0, 0.05) is 46.6 Å². The third kappa shape index (κ3) is 3.20. The SMILES string of the molecule is Cc1c(C)n2c3c(cccc13)B1c3ccccc3N(C)c3cc(-c4ccc5c(c4)-c4ccccc4C5c4ccccc4)cc-2c31. The molecule has 1 aliphatic carbocycles. The van der Waals surface area contributed by atoms with Crippen LogP contribution in [0.4, 0.5) is 11.4 Å². The minimum absolute atomic E-state index is 0.208. The Labute approximate surface area is 264 Å². The van der Waals surface area contributed by atoms with Gasteiger partial charge in [0.15, 0.2) is 0 Å². The van der Waals surface area contributed by atoms with Crippen molar-refractivity contribution in [1.82, 2.24) is 4.57 Å². The van der Waals surface area contributed by atoms with Crippen molar-refractivity contribution in [2.75, 3.05) is 11.9 Å². The van der Waals surface area contributed by atoms with Crippen LogP contribution in [0.2, 0.25) is 0 Å². The van der Waals surface area contributed by atoms with E-state index in [9.17, 15) is 0 Å². The molecule has 3 aliphatic rings. The van der Waals surface area contributed by atoms with Gasteiger partial charge in [-0.3, -0.25) is 0 Å². The Morgan fingerprint density at radius 2 is 1.31 bits per heavy atom. The first kappa shape index (κ1) is 25.1. The lowest BCUT2D eigenvalue weighted by atomic mass is 9.34. The molecule has 0 saturated heterocycles. The van der Waals surface area contributed by atoms with E-state index in [1.807, 2.05) is 0 Å². The van der Waals surface area contributed by atoms with E-state index in [1.54, 1.807) is 0 Å². The van der Waals surface area contributed by atoms with Crippen LogP contribution in [-0.2, 0) is 0 Å². The average molecular weight is 575 g/mol. The second-order valence-corrected chi connectivity index (χ2v) is 13.0. The Morgan fingerprint density at radius 3 is 2.20 bits per heavy atom. The van der Waals surface area contributed by atoms with E-state index in [0.29, 0.717) is 0 Å². The van der Waals surface area contributed by atoms with Gasteiger partial charge < -0.3 is 9.47 Å². The van der Waals surface area contributed by atoms with E-state index in [1.165, 1.54) is 94.6 Å². The molecular weight excluding hydrogens is 543 g/mol. The average Bonchev–Trinajstić information content (AvgIpc) is 3.56. The second kappa shape index (κ2) is 8.89. The zero-order valence-electron chi connectivity index (χ0n) is 25.7. The lowest BCUT2D eigenvalue weighted by molar-refractivity contribution is 1.02. The van der Waals surface area contributed by atoms with E-state index in [-0.39, 0.29) is 12.6 Å². The first-order chi connectivity index (χ1) is 22.1. The summed E-state index contributed by atoms with van der Waals surface area (Å²) in [5.74, 6) is 0.259. The van der Waals surface area contributed by atoms with Crippen LogP contribution in [0.15, 0.2) is 127 Å². The van der Waals surface area contributed by atoms with Crippen molar-refractivity contribution in [3.05, 3.63) is 155 Å². The molecular formula is C42H31BN2. The van der Waals surface area contributed by atoms with E-state index < -0.39 is 0 Å². The van der Waals surface area contributed by atoms with Crippen molar-refractivity contribution in [2.45, 2.75) is 19.8 Å². The van der Waals surface area contributed by atoms with Crippen LogP contribution in [0, 0.1) is 13.8 Å². The van der Waals surface area contributed by atoms with Crippen LogP contribution >= 0.6 is 0 Å². The van der Waals surface area contributed by atoms with Crippen molar-refractivity contribution in [3.63, 3.8) is 0 Å². The molecule has 0 radical (unpaired) electrons. The molecule has 1 unspecified atom stereocenters. The zero-order chi connectivity index (χ0) is 30.0. The fourth-order valence-corrected chi connectivity index (χ4v) is 8.76. The van der Waals surface area contributed by atoms with Crippen LogP contribution in [0.5, 0.6) is 0 Å². The topological polar surface area (TPSA) is 8.17 Å². The lowest BCUT2D eigenvalue weighted by Gasteiger charge is -2.39. The first-order valence-electron chi connectivity index (χ1n) is 16.0. The molecule has 0 fully saturated rings. The summed E-state index contributed by atoms with van der Waals surface area (Å²) in [6.07, 6.45) is 0. The van der Waals surface area contributed by atoms with Crippen LogP contribution in [0.1, 0.15) is 33.9 Å². The Balaban J connectivity index is 1.24. The molecule has 0 amide bonds. The summed E-state index contributed by atoms with van der Waals surface area (Å²) in [7, 11) is 2.24. The van der Waals surface area contributed by atoms with Crippen LogP contribution in [0.25, 0.3) is 38.8 Å². The summed E-state index contributed by atoms with van der Waals surface area (Å²) < 4.78 is 2.55. The molecule has 45 heavy (non-hydrogen) atoms. The number of para-hydroxylation sites is 2. The quantitative estimate of drug-likeness (QED) is 0.190. The van der Waals surface area contributed by atoms with E-state index in [4.69, 9.17) is 0 Å². The van der Waals surface area contributed by atoms with E-state index >= 15 is 0 Å². The van der Waals surface area contributed by atoms with Gasteiger partial charge in [-0.2, -0.15) is 0 Å². The van der Waals surface area contributed by atoms with Crippen molar-refractivity contribution in [3.8, 4) is 27.9 Å². The summed E-state index contributed by atoms with van der Waals surface area (Å²) in [6.45, 7) is 4.78. The number of anilines is 2. The number of rotatable bonds is 2. The summed E-state index contributed by atoms with van der Waals surface area (Å²) in [5.41, 5.74) is 21.5. The summed E-state index contributed by atoms with van der Waals surface area (Å²) in [5, 5.41) is 1.36. The molecule has 2 aliphatic heterocycles. The molecule has 0 N–H and O–H groups in total. The van der Waals surface area contributed by atoms with Gasteiger partial charge in [-0.15, -0.1) is 0 Å². The lowest BCUT2D eigenvalue weighted by Crippen LogP contribution is -2.60. The number of fused-ring (bicyclic) bond motifs is 7. The Morgan fingerprint density at radius 1 is 0.578 bits per heavy atom. The molecule has 0 bridgehead atoms. The third-order valence-electron chi connectivity index (χ3n) is 10.9. The van der Waals surface area contributed by atoms with Crippen molar-refractivity contribution < 1.29 is 0 Å². The largest absolute Gasteiger partial charge is 0.345 e. The Kier molecular flexibility index (Phi) is 4.96. The molecule has 10 rings (SSSR count). The fourth-order valence-electron chi connectivity index (χ4n) is 8.76. The molecule has 0 spiro atoms. The molecule has 212 valence electrons. The van der Waals surface area contributed by atoms with E-state index in [2.05, 4.69) is 158 Å². The highest BCUT2D eigenvalue weighted by Crippen LogP contribution is 2.49. The number of aryl methyl sites for hydroxylation is 1. The highest BCUT2D eigenvalue weighted by molar-refractivity contribution is 7.00. The van der Waals surface area contributed by atoms with Gasteiger partial charge in [-0.05, 0) is 99.0 Å². The summed E-state index contributed by atoms with van der Waals surface area (Å²) in [4.78, 5) is 2.42. The molecule has 6 aromatic carbocycles. The minimum atomic E-state index is 0.208. The monoisotopic (exact) mass is 574 g/mol. The standard InChI is InChI=1S/C42H31BN2/c1-25-26(2)45-39-24-29(28-20-21-33-34(22-28)31-14-7-8-15-32(31)40(33)27-12-5-4-6-13-27)23-38-41(39)43(36-18-11-16-30(25)42(36)45)35-17-9-10-19-37(35)44(38)3/h4-24,40H,1-3H3. The van der Waals surface area contributed by atoms with Crippen LogP contribution in [0.3, 0.4) is 0 Å². The van der Waals surface area contributed by atoms with Gasteiger partial charge in [0.1, 0.15) is 0 Å². The minimum Gasteiger partial charge on any atom is -0.345 e. The van der Waals surface area contributed by atoms with Gasteiger partial charge in [0.05, 0.1) is 0 Å². The van der Waals surface area contributed by atoms with Crippen molar-refractivity contribution in [2.24, 2.45) is 0 Å². The Hall–Kier alpha value is -5.28. The maximum atomic E-state index is 2.55. The molecule has 1 atom stereocenters. The fraction of sp³-hybridized carbons (Fsp3) is 0.0952. The van der Waals surface area contributed by atoms with E-state index in [0.717, 1.165) is 0 Å². The maximum absolute atomic E-state index is 2.55. The van der Waals surface area contributed by atoms with Crippen LogP contribution < -0.4 is 21.3 Å². The van der Waals surface area contributed by atoms with Gasteiger partial charge in [0.25, 0.3) is 6.71 Å². The van der Waals surface area contributed by atoms with Crippen molar-refractivity contribution >= 4 is 45.4 Å². The predicted molar refractivity (Wildman–Crippen MR) is 190 cm³/mol. The van der Waals surface area contributed by atoms with Gasteiger partial charge in [0.2, 0.25) is 0 Å². The van der Waals surface area contributed by atoms with Crippen molar-refractivity contribution in [1.29, 1.82) is 0 Å². The highest BCUT2D eigenvalue weighted by atomic mass is 15.1. The number of hydrogen-bond donors (Lipinski definition) is 0. The number of aromatic nitrogens is 1. The normalized spacial score (nSPS) is 15.1. The predicted octanol–water partition coefficient (Wildman–Crippen LogP) is 7.99. The molecule has 7 aromatic rings. The van der Waals surface area contributed by atoms with Crippen LogP contribution in [-0.4, -0.2) is 18.3 Å². The Bertz CT molecular complexity index is 2380. The first-order valence-corrected chi connectivity index (χ1v) is 16.0. The third-order valence-corrected chi connectivity index (χ3v) is 10.9. The van der Waals surface area contributed by atoms with Gasteiger partial charge in [-0.25, -0.2) is 0 Å². The molecule has 0 saturated carbocycles. The molecule has 3 heteroatoms. The summed E-state index contributed by atoms with van der Waals surface area (Å²) >= 11 is 0. The summed E-state index contributed by atoms with van der Waals surface area (Å²) in [6, 6.07) is 47.9. The van der Waals surface area contributed by atoms with Gasteiger partial charge in [-0.1, -0.05) is 103 Å². The zero-order valence-corrected chi connectivity index (χ0v) is 25.7. The molecule has 2 nitrogen and oxygen atoms in total. The molecule has 1 aromatic heterocycles. The smallest absolute Gasteiger partial charge is 0.252 e. The number of hydrogen-bond acceptors (Lipinski definition) is 1. The molecule has 3 heterocycles. The highest BCUT2D eigenvalue weighted by Gasteiger charge is 2.41. The number of nitrogens with zero attached hydrogens (tertiary/aromatic N) is 2. The number of benzene rings is 6. The maximum Gasteiger partial charge on any atom is 0.252 e.